The van der Waals surface area contributed by atoms with Crippen LogP contribution in [0.4, 0.5) is 11.4 Å². The van der Waals surface area contributed by atoms with Gasteiger partial charge < -0.3 is 11.1 Å². The Kier molecular flexibility index (Phi) is 5.26. The van der Waals surface area contributed by atoms with Gasteiger partial charge in [0, 0.05) is 11.7 Å². The zero-order valence-electron chi connectivity index (χ0n) is 11.9. The SMILES string of the molecule is CCC1CCCCN1CC(=O)Nc1ccc(Cl)c(N)c1. The van der Waals surface area contributed by atoms with E-state index in [2.05, 4.69) is 17.1 Å². The first kappa shape index (κ1) is 15.1. The minimum Gasteiger partial charge on any atom is -0.397 e. The molecule has 3 N–H and O–H groups in total. The smallest absolute Gasteiger partial charge is 0.238 e. The molecule has 1 atom stereocenters. The van der Waals surface area contributed by atoms with Gasteiger partial charge in [-0.2, -0.15) is 0 Å². The molecule has 1 unspecified atom stereocenters. The Morgan fingerprint density at radius 1 is 1.50 bits per heavy atom. The van der Waals surface area contributed by atoms with E-state index in [-0.39, 0.29) is 5.91 Å². The van der Waals surface area contributed by atoms with Crippen LogP contribution in [0.1, 0.15) is 32.6 Å². The Morgan fingerprint density at radius 3 is 3.00 bits per heavy atom. The van der Waals surface area contributed by atoms with Crippen molar-refractivity contribution in [3.05, 3.63) is 23.2 Å². The number of nitrogens with two attached hydrogens (primary N) is 1. The van der Waals surface area contributed by atoms with Crippen molar-refractivity contribution in [1.82, 2.24) is 4.90 Å². The number of carbonyl (C=O) groups is 1. The van der Waals surface area contributed by atoms with Gasteiger partial charge in [-0.3, -0.25) is 9.69 Å². The topological polar surface area (TPSA) is 58.4 Å². The van der Waals surface area contributed by atoms with Gasteiger partial charge in [0.2, 0.25) is 5.91 Å². The second-order valence-electron chi connectivity index (χ2n) is 5.31. The molecule has 1 saturated heterocycles. The Balaban J connectivity index is 1.92. The van der Waals surface area contributed by atoms with Gasteiger partial charge in [0.15, 0.2) is 0 Å². The van der Waals surface area contributed by atoms with Gasteiger partial charge in [-0.25, -0.2) is 0 Å². The number of likely N-dealkylation sites (tertiary alicyclic amines) is 1. The van der Waals surface area contributed by atoms with Crippen LogP contribution >= 0.6 is 11.6 Å². The van der Waals surface area contributed by atoms with Crippen molar-refractivity contribution in [2.24, 2.45) is 0 Å². The predicted molar refractivity (Wildman–Crippen MR) is 84.0 cm³/mol. The quantitative estimate of drug-likeness (QED) is 0.839. The molecule has 0 radical (unpaired) electrons. The van der Waals surface area contributed by atoms with Crippen LogP contribution < -0.4 is 11.1 Å². The lowest BCUT2D eigenvalue weighted by Crippen LogP contribution is -2.43. The Bertz CT molecular complexity index is 478. The molecule has 0 bridgehead atoms. The van der Waals surface area contributed by atoms with Crippen LogP contribution in [0.5, 0.6) is 0 Å². The number of anilines is 2. The number of hydrogen-bond acceptors (Lipinski definition) is 3. The number of hydrogen-bond donors (Lipinski definition) is 2. The molecule has 0 spiro atoms. The van der Waals surface area contributed by atoms with E-state index in [0.717, 1.165) is 13.0 Å². The summed E-state index contributed by atoms with van der Waals surface area (Å²) in [7, 11) is 0. The van der Waals surface area contributed by atoms with Gasteiger partial charge in [-0.05, 0) is 44.0 Å². The first-order chi connectivity index (χ1) is 9.60. The van der Waals surface area contributed by atoms with Crippen LogP contribution in [0.3, 0.4) is 0 Å². The van der Waals surface area contributed by atoms with E-state index in [9.17, 15) is 4.79 Å². The summed E-state index contributed by atoms with van der Waals surface area (Å²) in [5.74, 6) is 0.00655. The summed E-state index contributed by atoms with van der Waals surface area (Å²) in [5.41, 5.74) is 6.91. The molecule has 0 saturated carbocycles. The fourth-order valence-electron chi connectivity index (χ4n) is 2.74. The molecular weight excluding hydrogens is 274 g/mol. The molecule has 1 aromatic carbocycles. The van der Waals surface area contributed by atoms with Crippen LogP contribution in [-0.2, 0) is 4.79 Å². The van der Waals surface area contributed by atoms with Crippen LogP contribution in [0, 0.1) is 0 Å². The highest BCUT2D eigenvalue weighted by atomic mass is 35.5. The van der Waals surface area contributed by atoms with Gasteiger partial charge in [0.1, 0.15) is 0 Å². The highest BCUT2D eigenvalue weighted by Gasteiger charge is 2.22. The van der Waals surface area contributed by atoms with Crippen LogP contribution in [0.2, 0.25) is 5.02 Å². The van der Waals surface area contributed by atoms with Gasteiger partial charge in [0.05, 0.1) is 17.3 Å². The third-order valence-electron chi connectivity index (χ3n) is 3.85. The van der Waals surface area contributed by atoms with Crippen LogP contribution in [0.25, 0.3) is 0 Å². The number of benzene rings is 1. The van der Waals surface area contributed by atoms with E-state index >= 15 is 0 Å². The maximum absolute atomic E-state index is 12.1. The van der Waals surface area contributed by atoms with Crippen molar-refractivity contribution in [3.8, 4) is 0 Å². The minimum absolute atomic E-state index is 0.00655. The Morgan fingerprint density at radius 2 is 2.30 bits per heavy atom. The molecular formula is C15H22ClN3O. The second-order valence-corrected chi connectivity index (χ2v) is 5.72. The summed E-state index contributed by atoms with van der Waals surface area (Å²) in [5, 5.41) is 3.39. The molecule has 1 aromatic rings. The molecule has 1 amide bonds. The highest BCUT2D eigenvalue weighted by molar-refractivity contribution is 6.33. The minimum atomic E-state index is 0.00655. The van der Waals surface area contributed by atoms with E-state index in [1.807, 2.05) is 0 Å². The first-order valence-corrected chi connectivity index (χ1v) is 7.57. The molecule has 0 aromatic heterocycles. The summed E-state index contributed by atoms with van der Waals surface area (Å²) in [6.45, 7) is 3.64. The maximum atomic E-state index is 12.1. The van der Waals surface area contributed by atoms with E-state index in [1.54, 1.807) is 18.2 Å². The average molecular weight is 296 g/mol. The summed E-state index contributed by atoms with van der Waals surface area (Å²) in [6.07, 6.45) is 4.74. The van der Waals surface area contributed by atoms with Crippen molar-refractivity contribution in [2.45, 2.75) is 38.6 Å². The molecule has 0 aliphatic carbocycles. The highest BCUT2D eigenvalue weighted by Crippen LogP contribution is 2.23. The van der Waals surface area contributed by atoms with Crippen molar-refractivity contribution in [2.75, 3.05) is 24.1 Å². The third kappa shape index (κ3) is 3.87. The van der Waals surface area contributed by atoms with E-state index in [1.165, 1.54) is 19.3 Å². The monoisotopic (exact) mass is 295 g/mol. The van der Waals surface area contributed by atoms with E-state index in [4.69, 9.17) is 17.3 Å². The number of nitrogens with zero attached hydrogens (tertiary/aromatic N) is 1. The number of nitrogen functional groups attached to an aromatic ring is 1. The fourth-order valence-corrected chi connectivity index (χ4v) is 2.85. The average Bonchev–Trinajstić information content (AvgIpc) is 2.43. The van der Waals surface area contributed by atoms with Gasteiger partial charge in [-0.15, -0.1) is 0 Å². The molecule has 1 aliphatic heterocycles. The number of nitrogens with one attached hydrogen (secondary N) is 1. The van der Waals surface area contributed by atoms with Crippen LogP contribution in [0.15, 0.2) is 18.2 Å². The fraction of sp³-hybridized carbons (Fsp3) is 0.533. The van der Waals surface area contributed by atoms with E-state index in [0.29, 0.717) is 29.0 Å². The summed E-state index contributed by atoms with van der Waals surface area (Å²) in [6, 6.07) is 5.69. The van der Waals surface area contributed by atoms with Crippen molar-refractivity contribution in [1.29, 1.82) is 0 Å². The molecule has 5 heteroatoms. The normalized spacial score (nSPS) is 19.8. The van der Waals surface area contributed by atoms with Crippen molar-refractivity contribution < 1.29 is 4.79 Å². The maximum Gasteiger partial charge on any atom is 0.238 e. The Hall–Kier alpha value is -1.26. The lowest BCUT2D eigenvalue weighted by atomic mass is 10.00. The van der Waals surface area contributed by atoms with Gasteiger partial charge in [-0.1, -0.05) is 24.9 Å². The molecule has 20 heavy (non-hydrogen) atoms. The molecule has 1 fully saturated rings. The van der Waals surface area contributed by atoms with E-state index < -0.39 is 0 Å². The molecule has 1 aliphatic rings. The number of rotatable bonds is 4. The van der Waals surface area contributed by atoms with Gasteiger partial charge >= 0.3 is 0 Å². The summed E-state index contributed by atoms with van der Waals surface area (Å²) < 4.78 is 0. The van der Waals surface area contributed by atoms with Crippen molar-refractivity contribution >= 4 is 28.9 Å². The number of halogens is 1. The lowest BCUT2D eigenvalue weighted by Gasteiger charge is -2.34. The third-order valence-corrected chi connectivity index (χ3v) is 4.19. The summed E-state index contributed by atoms with van der Waals surface area (Å²) >= 11 is 5.86. The standard InChI is InChI=1S/C15H22ClN3O/c1-2-12-5-3-4-8-19(12)10-15(20)18-11-6-7-13(16)14(17)9-11/h6-7,9,12H,2-5,8,10,17H2,1H3,(H,18,20). The number of piperidine rings is 1. The lowest BCUT2D eigenvalue weighted by molar-refractivity contribution is -0.118. The first-order valence-electron chi connectivity index (χ1n) is 7.19. The number of carbonyl (C=O) groups excluding carboxylic acids is 1. The number of amides is 1. The largest absolute Gasteiger partial charge is 0.397 e. The van der Waals surface area contributed by atoms with Crippen LogP contribution in [-0.4, -0.2) is 29.9 Å². The molecule has 1 heterocycles. The molecule has 110 valence electrons. The predicted octanol–water partition coefficient (Wildman–Crippen LogP) is 3.13. The zero-order chi connectivity index (χ0) is 14.5. The Labute approximate surface area is 125 Å². The van der Waals surface area contributed by atoms with Crippen molar-refractivity contribution in [3.63, 3.8) is 0 Å². The van der Waals surface area contributed by atoms with Gasteiger partial charge in [0.25, 0.3) is 0 Å². The zero-order valence-corrected chi connectivity index (χ0v) is 12.6. The second kappa shape index (κ2) is 6.95. The molecule has 4 nitrogen and oxygen atoms in total. The molecule has 2 rings (SSSR count). The summed E-state index contributed by atoms with van der Waals surface area (Å²) in [4.78, 5) is 14.4.